The van der Waals surface area contributed by atoms with E-state index < -0.39 is 15.9 Å². The van der Waals surface area contributed by atoms with Crippen molar-refractivity contribution < 1.29 is 23.1 Å². The van der Waals surface area contributed by atoms with Crippen LogP contribution in [0.5, 0.6) is 0 Å². The first kappa shape index (κ1) is 25.5. The SMILES string of the molecule is C[C@H]1COCCN1c1cc(-c2ccccc2S(C)(=O)=O)nc(-c2ccc(NC(=O)NCCO)cc2)n1. The number of aliphatic hydroxyl groups is 1. The summed E-state index contributed by atoms with van der Waals surface area (Å²) in [6.45, 7) is 3.84. The van der Waals surface area contributed by atoms with Gasteiger partial charge in [0.15, 0.2) is 15.7 Å². The predicted octanol–water partition coefficient (Wildman–Crippen LogP) is 2.55. The maximum atomic E-state index is 12.5. The second kappa shape index (κ2) is 11.0. The number of aromatic nitrogens is 2. The van der Waals surface area contributed by atoms with Crippen molar-refractivity contribution in [1.82, 2.24) is 15.3 Å². The third-order valence-electron chi connectivity index (χ3n) is 5.74. The van der Waals surface area contributed by atoms with Gasteiger partial charge in [-0.25, -0.2) is 23.2 Å². The Bertz CT molecular complexity index is 1330. The third-order valence-corrected chi connectivity index (χ3v) is 6.89. The van der Waals surface area contributed by atoms with Gasteiger partial charge in [0.1, 0.15) is 5.82 Å². The molecule has 0 aliphatic carbocycles. The molecule has 190 valence electrons. The van der Waals surface area contributed by atoms with Crippen LogP contribution in [0.15, 0.2) is 59.5 Å². The van der Waals surface area contributed by atoms with Crippen LogP contribution in [0, 0.1) is 0 Å². The van der Waals surface area contributed by atoms with Gasteiger partial charge in [-0.15, -0.1) is 0 Å². The number of urea groups is 1. The molecule has 36 heavy (non-hydrogen) atoms. The van der Waals surface area contributed by atoms with E-state index in [2.05, 4.69) is 15.5 Å². The van der Waals surface area contributed by atoms with Gasteiger partial charge in [0.05, 0.1) is 36.5 Å². The number of nitrogens with zero attached hydrogens (tertiary/aromatic N) is 3. The van der Waals surface area contributed by atoms with Gasteiger partial charge < -0.3 is 25.4 Å². The van der Waals surface area contributed by atoms with Gasteiger partial charge in [-0.05, 0) is 37.3 Å². The van der Waals surface area contributed by atoms with E-state index in [9.17, 15) is 13.2 Å². The fourth-order valence-corrected chi connectivity index (χ4v) is 4.86. The molecule has 10 nitrogen and oxygen atoms in total. The Labute approximate surface area is 210 Å². The van der Waals surface area contributed by atoms with Crippen LogP contribution >= 0.6 is 0 Å². The summed E-state index contributed by atoms with van der Waals surface area (Å²) in [7, 11) is -3.49. The molecule has 0 bridgehead atoms. The molecule has 1 aliphatic rings. The Morgan fingerprint density at radius 3 is 2.61 bits per heavy atom. The Kier molecular flexibility index (Phi) is 7.82. The summed E-state index contributed by atoms with van der Waals surface area (Å²) in [6.07, 6.45) is 1.18. The normalized spacial score (nSPS) is 16.0. The highest BCUT2D eigenvalue weighted by molar-refractivity contribution is 7.90. The number of hydrogen-bond donors (Lipinski definition) is 3. The van der Waals surface area contributed by atoms with Gasteiger partial charge in [0, 0.05) is 42.2 Å². The molecular formula is C25H29N5O5S. The summed E-state index contributed by atoms with van der Waals surface area (Å²) < 4.78 is 30.6. The lowest BCUT2D eigenvalue weighted by molar-refractivity contribution is 0.0985. The molecule has 2 heterocycles. The minimum absolute atomic E-state index is 0.0866. The number of carbonyl (C=O) groups is 1. The van der Waals surface area contributed by atoms with E-state index in [4.69, 9.17) is 19.8 Å². The fraction of sp³-hybridized carbons (Fsp3) is 0.320. The maximum absolute atomic E-state index is 12.5. The number of ether oxygens (including phenoxy) is 1. The molecule has 0 unspecified atom stereocenters. The third kappa shape index (κ3) is 5.99. The standard InChI is InChI=1S/C25H29N5O5S/c1-17-16-35-14-12-30(17)23-15-21(20-5-3-4-6-22(20)36(2,33)34)28-24(29-23)18-7-9-19(10-8-18)27-25(32)26-11-13-31/h3-10,15,17,31H,11-14,16H2,1-2H3,(H2,26,27,32)/t17-/m0/s1. The molecule has 0 radical (unpaired) electrons. The first-order valence-corrected chi connectivity index (χ1v) is 13.4. The molecule has 2 amide bonds. The van der Waals surface area contributed by atoms with E-state index in [1.165, 1.54) is 6.26 Å². The highest BCUT2D eigenvalue weighted by atomic mass is 32.2. The van der Waals surface area contributed by atoms with Crippen molar-refractivity contribution in [3.63, 3.8) is 0 Å². The molecule has 1 aliphatic heterocycles. The zero-order valence-electron chi connectivity index (χ0n) is 20.1. The number of carbonyl (C=O) groups excluding carboxylic acids is 1. The zero-order valence-corrected chi connectivity index (χ0v) is 21.0. The lowest BCUT2D eigenvalue weighted by Gasteiger charge is -2.34. The minimum atomic E-state index is -3.49. The largest absolute Gasteiger partial charge is 0.395 e. The van der Waals surface area contributed by atoms with E-state index in [0.717, 1.165) is 0 Å². The molecule has 1 saturated heterocycles. The minimum Gasteiger partial charge on any atom is -0.395 e. The van der Waals surface area contributed by atoms with Crippen LogP contribution in [-0.2, 0) is 14.6 Å². The van der Waals surface area contributed by atoms with Gasteiger partial charge >= 0.3 is 6.03 Å². The molecule has 3 N–H and O–H groups in total. The number of sulfone groups is 1. The lowest BCUT2D eigenvalue weighted by Crippen LogP contribution is -2.44. The molecule has 0 spiro atoms. The number of morpholine rings is 1. The van der Waals surface area contributed by atoms with Crippen molar-refractivity contribution in [3.8, 4) is 22.6 Å². The van der Waals surface area contributed by atoms with Crippen molar-refractivity contribution >= 4 is 27.4 Å². The summed E-state index contributed by atoms with van der Waals surface area (Å²) in [6, 6.07) is 15.3. The average molecular weight is 512 g/mol. The number of aliphatic hydroxyl groups excluding tert-OH is 1. The predicted molar refractivity (Wildman–Crippen MR) is 138 cm³/mol. The monoisotopic (exact) mass is 511 g/mol. The van der Waals surface area contributed by atoms with Gasteiger partial charge in [-0.3, -0.25) is 0 Å². The van der Waals surface area contributed by atoms with Gasteiger partial charge in [-0.1, -0.05) is 18.2 Å². The van der Waals surface area contributed by atoms with Crippen LogP contribution < -0.4 is 15.5 Å². The highest BCUT2D eigenvalue weighted by Gasteiger charge is 2.23. The Morgan fingerprint density at radius 2 is 1.92 bits per heavy atom. The number of amides is 2. The first-order valence-electron chi connectivity index (χ1n) is 11.6. The fourth-order valence-electron chi connectivity index (χ4n) is 3.97. The summed E-state index contributed by atoms with van der Waals surface area (Å²) in [5.74, 6) is 1.11. The topological polar surface area (TPSA) is 134 Å². The van der Waals surface area contributed by atoms with E-state index in [-0.39, 0.29) is 24.1 Å². The van der Waals surface area contributed by atoms with E-state index >= 15 is 0 Å². The van der Waals surface area contributed by atoms with Gasteiger partial charge in [0.25, 0.3) is 0 Å². The van der Waals surface area contributed by atoms with Crippen LogP contribution in [0.25, 0.3) is 22.6 Å². The van der Waals surface area contributed by atoms with E-state index in [1.807, 2.05) is 13.0 Å². The summed E-state index contributed by atoms with van der Waals surface area (Å²) in [4.78, 5) is 23.7. The second-order valence-corrected chi connectivity index (χ2v) is 10.5. The van der Waals surface area contributed by atoms with Crippen LogP contribution in [0.4, 0.5) is 16.3 Å². The number of rotatable bonds is 7. The van der Waals surface area contributed by atoms with Gasteiger partial charge in [0.2, 0.25) is 0 Å². The average Bonchev–Trinajstić information content (AvgIpc) is 2.87. The zero-order chi connectivity index (χ0) is 25.7. The highest BCUT2D eigenvalue weighted by Crippen LogP contribution is 2.31. The Balaban J connectivity index is 1.76. The molecule has 2 aromatic carbocycles. The van der Waals surface area contributed by atoms with Crippen LogP contribution in [0.3, 0.4) is 0 Å². The number of anilines is 2. The van der Waals surface area contributed by atoms with Crippen LogP contribution in [0.2, 0.25) is 0 Å². The van der Waals surface area contributed by atoms with Crippen molar-refractivity contribution in [3.05, 3.63) is 54.6 Å². The van der Waals surface area contributed by atoms with Gasteiger partial charge in [-0.2, -0.15) is 0 Å². The van der Waals surface area contributed by atoms with E-state index in [1.54, 1.807) is 48.5 Å². The molecular weight excluding hydrogens is 482 g/mol. The lowest BCUT2D eigenvalue weighted by atomic mass is 10.1. The van der Waals surface area contributed by atoms with Crippen molar-refractivity contribution in [2.75, 3.05) is 49.4 Å². The Morgan fingerprint density at radius 1 is 1.17 bits per heavy atom. The first-order chi connectivity index (χ1) is 17.3. The smallest absolute Gasteiger partial charge is 0.319 e. The molecule has 3 aromatic rings. The quantitative estimate of drug-likeness (QED) is 0.441. The molecule has 1 fully saturated rings. The molecule has 11 heteroatoms. The molecule has 1 aromatic heterocycles. The van der Waals surface area contributed by atoms with E-state index in [0.29, 0.717) is 53.9 Å². The van der Waals surface area contributed by atoms with Crippen molar-refractivity contribution in [2.45, 2.75) is 17.9 Å². The number of hydrogen-bond acceptors (Lipinski definition) is 8. The number of nitrogens with one attached hydrogen (secondary N) is 2. The number of benzene rings is 2. The second-order valence-electron chi connectivity index (χ2n) is 8.50. The summed E-state index contributed by atoms with van der Waals surface area (Å²) in [5.41, 5.74) is 2.27. The molecule has 0 saturated carbocycles. The van der Waals surface area contributed by atoms with Crippen LogP contribution in [0.1, 0.15) is 6.92 Å². The summed E-state index contributed by atoms with van der Waals surface area (Å²) >= 11 is 0. The maximum Gasteiger partial charge on any atom is 0.319 e. The molecule has 4 rings (SSSR count). The Hall–Kier alpha value is -3.54. The van der Waals surface area contributed by atoms with Crippen molar-refractivity contribution in [2.24, 2.45) is 0 Å². The molecule has 1 atom stereocenters. The summed E-state index contributed by atoms with van der Waals surface area (Å²) in [5, 5.41) is 14.1. The van der Waals surface area contributed by atoms with Crippen molar-refractivity contribution in [1.29, 1.82) is 0 Å². The van der Waals surface area contributed by atoms with Crippen LogP contribution in [-0.4, -0.2) is 74.7 Å².